The van der Waals surface area contributed by atoms with E-state index in [1.807, 2.05) is 12.1 Å². The van der Waals surface area contributed by atoms with Gasteiger partial charge in [0.05, 0.1) is 10.2 Å². The molecule has 0 fully saturated rings. The van der Waals surface area contributed by atoms with Gasteiger partial charge in [0.25, 0.3) is 5.56 Å². The number of benzene rings is 2. The van der Waals surface area contributed by atoms with Gasteiger partial charge in [0.2, 0.25) is 5.91 Å². The zero-order valence-corrected chi connectivity index (χ0v) is 19.1. The van der Waals surface area contributed by atoms with E-state index in [0.29, 0.717) is 20.6 Å². The lowest BCUT2D eigenvalue weighted by molar-refractivity contribution is -0.120. The van der Waals surface area contributed by atoms with Gasteiger partial charge in [-0.2, -0.15) is 5.26 Å². The van der Waals surface area contributed by atoms with E-state index >= 15 is 0 Å². The molecule has 7 heteroatoms. The Kier molecular flexibility index (Phi) is 6.56. The van der Waals surface area contributed by atoms with Crippen molar-refractivity contribution < 1.29 is 9.59 Å². The lowest BCUT2D eigenvalue weighted by Gasteiger charge is -2.15. The third kappa shape index (κ3) is 4.93. The number of nitrogens with zero attached hydrogens (tertiary/aromatic N) is 2. The summed E-state index contributed by atoms with van der Waals surface area (Å²) in [5, 5.41) is 12.5. The van der Waals surface area contributed by atoms with Crippen LogP contribution < -0.4 is 20.1 Å². The van der Waals surface area contributed by atoms with Crippen LogP contribution in [-0.4, -0.2) is 16.3 Å². The van der Waals surface area contributed by atoms with E-state index in [4.69, 9.17) is 0 Å². The van der Waals surface area contributed by atoms with Crippen molar-refractivity contribution in [2.24, 2.45) is 5.41 Å². The zero-order chi connectivity index (χ0) is 23.5. The predicted molar refractivity (Wildman–Crippen MR) is 127 cm³/mol. The van der Waals surface area contributed by atoms with Gasteiger partial charge in [-0.3, -0.25) is 19.0 Å². The molecule has 0 saturated carbocycles. The zero-order valence-electron chi connectivity index (χ0n) is 18.3. The average molecular weight is 446 g/mol. The molecule has 6 nitrogen and oxygen atoms in total. The highest BCUT2D eigenvalue weighted by molar-refractivity contribution is 7.07. The van der Waals surface area contributed by atoms with Crippen molar-refractivity contribution in [1.29, 1.82) is 5.26 Å². The van der Waals surface area contributed by atoms with Crippen molar-refractivity contribution in [2.45, 2.75) is 27.7 Å². The summed E-state index contributed by atoms with van der Waals surface area (Å²) in [6.07, 6.45) is 1.71. The second-order valence-corrected chi connectivity index (χ2v) is 9.29. The van der Waals surface area contributed by atoms with Crippen LogP contribution in [0.4, 0.5) is 5.69 Å². The average Bonchev–Trinajstić information content (AvgIpc) is 3.05. The molecule has 0 unspecified atom stereocenters. The number of amides is 1. The van der Waals surface area contributed by atoms with Crippen LogP contribution in [0.3, 0.4) is 0 Å². The van der Waals surface area contributed by atoms with Crippen LogP contribution in [0.2, 0.25) is 0 Å². The van der Waals surface area contributed by atoms with E-state index in [2.05, 4.69) is 5.32 Å². The van der Waals surface area contributed by atoms with Gasteiger partial charge < -0.3 is 5.32 Å². The fraction of sp³-hybridized carbons (Fsp3) is 0.200. The van der Waals surface area contributed by atoms with Gasteiger partial charge in [-0.25, -0.2) is 0 Å². The van der Waals surface area contributed by atoms with E-state index in [0.717, 1.165) is 16.9 Å². The summed E-state index contributed by atoms with van der Waals surface area (Å²) in [4.78, 5) is 37.5. The van der Waals surface area contributed by atoms with Crippen molar-refractivity contribution in [1.82, 2.24) is 4.57 Å². The Balaban J connectivity index is 2.29. The SMILES string of the molecule is CC(=O)Nc1ccc(C=c2sc(=C(C#N)C(=O)C(C)(C)C)n(-c3ccccc3)c2=O)cc1. The molecule has 2 aromatic carbocycles. The van der Waals surface area contributed by atoms with E-state index in [9.17, 15) is 19.6 Å². The second-order valence-electron chi connectivity index (χ2n) is 8.26. The molecule has 1 heterocycles. The van der Waals surface area contributed by atoms with Gasteiger partial charge in [0, 0.05) is 18.0 Å². The minimum absolute atomic E-state index is 0.0379. The Bertz CT molecular complexity index is 1380. The molecule has 1 aromatic heterocycles. The highest BCUT2D eigenvalue weighted by atomic mass is 32.1. The molecule has 1 amide bonds. The van der Waals surface area contributed by atoms with E-state index in [-0.39, 0.29) is 22.8 Å². The van der Waals surface area contributed by atoms with Crippen LogP contribution in [0.25, 0.3) is 17.3 Å². The van der Waals surface area contributed by atoms with E-state index in [1.54, 1.807) is 75.4 Å². The summed E-state index contributed by atoms with van der Waals surface area (Å²) in [5.41, 5.74) is 0.874. The normalized spacial score (nSPS) is 12.8. The summed E-state index contributed by atoms with van der Waals surface area (Å²) in [5.74, 6) is -0.490. The van der Waals surface area contributed by atoms with Crippen LogP contribution in [-0.2, 0) is 9.59 Å². The first-order chi connectivity index (χ1) is 15.1. The fourth-order valence-corrected chi connectivity index (χ4v) is 4.15. The van der Waals surface area contributed by atoms with Gasteiger partial charge >= 0.3 is 0 Å². The minimum Gasteiger partial charge on any atom is -0.326 e. The number of para-hydroxylation sites is 1. The number of nitriles is 1. The van der Waals surface area contributed by atoms with Crippen molar-refractivity contribution in [2.75, 3.05) is 5.32 Å². The number of rotatable bonds is 4. The first-order valence-electron chi connectivity index (χ1n) is 9.97. The number of aromatic nitrogens is 1. The molecular weight excluding hydrogens is 422 g/mol. The standard InChI is InChI=1S/C25H23N3O3S/c1-16(29)27-18-12-10-17(11-13-18)14-21-23(31)28(19-8-6-5-7-9-19)24(32-21)20(15-26)22(30)25(2,3)4/h5-14H,1-4H3,(H,27,29). The summed E-state index contributed by atoms with van der Waals surface area (Å²) < 4.78 is 2.13. The third-order valence-corrected chi connectivity index (χ3v) is 5.69. The third-order valence-electron chi connectivity index (χ3n) is 4.60. The first kappa shape index (κ1) is 22.9. The molecule has 0 radical (unpaired) electrons. The molecule has 162 valence electrons. The molecular formula is C25H23N3O3S. The van der Waals surface area contributed by atoms with E-state index in [1.165, 1.54) is 11.5 Å². The number of ketones is 1. The molecule has 32 heavy (non-hydrogen) atoms. The lowest BCUT2D eigenvalue weighted by Crippen LogP contribution is -2.33. The number of nitrogens with one attached hydrogen (secondary N) is 1. The monoisotopic (exact) mass is 445 g/mol. The molecule has 1 N–H and O–H groups in total. The van der Waals surface area contributed by atoms with E-state index < -0.39 is 5.41 Å². The van der Waals surface area contributed by atoms with Crippen LogP contribution in [0.5, 0.6) is 0 Å². The molecule has 3 aromatic rings. The Hall–Kier alpha value is -3.76. The number of thiazole rings is 1. The summed E-state index contributed by atoms with van der Waals surface area (Å²) in [7, 11) is 0. The Morgan fingerprint density at radius 3 is 2.22 bits per heavy atom. The summed E-state index contributed by atoms with van der Waals surface area (Å²) in [6.45, 7) is 6.67. The topological polar surface area (TPSA) is 92.0 Å². The van der Waals surface area contributed by atoms with Gasteiger partial charge in [0.15, 0.2) is 5.78 Å². The molecule has 0 bridgehead atoms. The maximum absolute atomic E-state index is 13.4. The van der Waals surface area contributed by atoms with Crippen molar-refractivity contribution >= 4 is 40.4 Å². The quantitative estimate of drug-likeness (QED) is 0.668. The summed E-state index contributed by atoms with van der Waals surface area (Å²) in [6, 6.07) is 18.0. The number of Topliss-reactive ketones (excluding diaryl/α,β-unsaturated/α-hetero) is 1. The number of hydrogen-bond donors (Lipinski definition) is 1. The largest absolute Gasteiger partial charge is 0.326 e. The molecule has 0 aliphatic heterocycles. The number of carbonyl (C=O) groups is 2. The van der Waals surface area contributed by atoms with Crippen LogP contribution in [0.15, 0.2) is 59.4 Å². The molecule has 0 saturated heterocycles. The maximum Gasteiger partial charge on any atom is 0.273 e. The van der Waals surface area contributed by atoms with Crippen LogP contribution in [0, 0.1) is 16.7 Å². The smallest absolute Gasteiger partial charge is 0.273 e. The van der Waals surface area contributed by atoms with Gasteiger partial charge in [-0.15, -0.1) is 11.3 Å². The Morgan fingerprint density at radius 1 is 1.06 bits per heavy atom. The van der Waals surface area contributed by atoms with Gasteiger partial charge in [-0.05, 0) is 35.9 Å². The highest BCUT2D eigenvalue weighted by Crippen LogP contribution is 2.20. The first-order valence-corrected chi connectivity index (χ1v) is 10.8. The number of hydrogen-bond acceptors (Lipinski definition) is 5. The van der Waals surface area contributed by atoms with Crippen LogP contribution in [0.1, 0.15) is 33.3 Å². The van der Waals surface area contributed by atoms with Gasteiger partial charge in [-0.1, -0.05) is 51.1 Å². The Morgan fingerprint density at radius 2 is 1.69 bits per heavy atom. The second kappa shape index (κ2) is 9.16. The van der Waals surface area contributed by atoms with Crippen LogP contribution >= 0.6 is 11.3 Å². The minimum atomic E-state index is -0.768. The number of anilines is 1. The van der Waals surface area contributed by atoms with Crippen molar-refractivity contribution in [3.05, 3.63) is 79.7 Å². The fourth-order valence-electron chi connectivity index (χ4n) is 3.05. The maximum atomic E-state index is 13.4. The predicted octanol–water partition coefficient (Wildman–Crippen LogP) is 2.98. The number of carbonyl (C=O) groups excluding carboxylic acids is 2. The highest BCUT2D eigenvalue weighted by Gasteiger charge is 2.27. The Labute approximate surface area is 189 Å². The summed E-state index contributed by atoms with van der Waals surface area (Å²) >= 11 is 1.11. The van der Waals surface area contributed by atoms with Gasteiger partial charge in [0.1, 0.15) is 16.3 Å². The molecule has 0 aliphatic rings. The molecule has 0 spiro atoms. The van der Waals surface area contributed by atoms with Crippen molar-refractivity contribution in [3.8, 4) is 11.8 Å². The molecule has 0 aliphatic carbocycles. The van der Waals surface area contributed by atoms with Crippen molar-refractivity contribution in [3.63, 3.8) is 0 Å². The lowest BCUT2D eigenvalue weighted by atomic mass is 9.87. The molecule has 3 rings (SSSR count). The molecule has 0 atom stereocenters.